The molecule has 120 valence electrons. The number of amides is 1. The normalized spacial score (nSPS) is 19.0. The van der Waals surface area contributed by atoms with E-state index in [1.807, 2.05) is 24.3 Å². The van der Waals surface area contributed by atoms with E-state index in [1.165, 1.54) is 0 Å². The lowest BCUT2D eigenvalue weighted by Gasteiger charge is -2.18. The summed E-state index contributed by atoms with van der Waals surface area (Å²) in [5.41, 5.74) is 1.10. The van der Waals surface area contributed by atoms with Crippen LogP contribution in [0.3, 0.4) is 0 Å². The first-order chi connectivity index (χ1) is 10.5. The number of carboxylic acid groups (broad SMARTS) is 1. The fourth-order valence-corrected chi connectivity index (χ4v) is 2.66. The highest BCUT2D eigenvalue weighted by molar-refractivity contribution is 5.80. The van der Waals surface area contributed by atoms with Crippen molar-refractivity contribution >= 4 is 11.9 Å². The number of carbonyl (C=O) groups is 2. The molecule has 0 bridgehead atoms. The van der Waals surface area contributed by atoms with Gasteiger partial charge in [0.2, 0.25) is 0 Å². The molecule has 0 aliphatic carbocycles. The number of nitrogens with zero attached hydrogens (tertiary/aromatic N) is 1. The van der Waals surface area contributed by atoms with E-state index in [0.29, 0.717) is 18.9 Å². The van der Waals surface area contributed by atoms with Crippen LogP contribution in [0.5, 0.6) is 5.75 Å². The second-order valence-electron chi connectivity index (χ2n) is 5.80. The molecule has 5 nitrogen and oxygen atoms in total. The Labute approximate surface area is 130 Å². The minimum atomic E-state index is -0.835. The molecule has 2 atom stereocenters. The summed E-state index contributed by atoms with van der Waals surface area (Å²) in [7, 11) is 0. The van der Waals surface area contributed by atoms with Gasteiger partial charge in [-0.25, -0.2) is 0 Å². The van der Waals surface area contributed by atoms with Crippen molar-refractivity contribution in [3.8, 4) is 5.75 Å². The minimum absolute atomic E-state index is 0.0419. The molecule has 1 fully saturated rings. The van der Waals surface area contributed by atoms with E-state index in [1.54, 1.807) is 4.90 Å². The van der Waals surface area contributed by atoms with Crippen LogP contribution in [0, 0.1) is 5.92 Å². The Morgan fingerprint density at radius 2 is 2.14 bits per heavy atom. The van der Waals surface area contributed by atoms with E-state index in [0.717, 1.165) is 17.7 Å². The van der Waals surface area contributed by atoms with E-state index in [-0.39, 0.29) is 19.1 Å². The van der Waals surface area contributed by atoms with Crippen molar-refractivity contribution in [2.45, 2.75) is 32.6 Å². The van der Waals surface area contributed by atoms with Crippen LogP contribution in [0.1, 0.15) is 38.2 Å². The van der Waals surface area contributed by atoms with Crippen LogP contribution >= 0.6 is 0 Å². The van der Waals surface area contributed by atoms with Crippen molar-refractivity contribution in [3.63, 3.8) is 0 Å². The van der Waals surface area contributed by atoms with Gasteiger partial charge in [0.25, 0.3) is 5.91 Å². The van der Waals surface area contributed by atoms with Gasteiger partial charge in [-0.3, -0.25) is 9.59 Å². The number of carboxylic acids is 1. The molecule has 1 aromatic carbocycles. The van der Waals surface area contributed by atoms with Gasteiger partial charge in [0.1, 0.15) is 5.75 Å². The zero-order valence-electron chi connectivity index (χ0n) is 13.1. The molecule has 1 N–H and O–H groups in total. The Hall–Kier alpha value is -2.04. The fourth-order valence-electron chi connectivity index (χ4n) is 2.66. The third-order valence-electron chi connectivity index (χ3n) is 4.30. The number of benzene rings is 1. The number of ether oxygens (including phenoxy) is 1. The van der Waals surface area contributed by atoms with Crippen molar-refractivity contribution in [2.75, 3.05) is 19.7 Å². The predicted octanol–water partition coefficient (Wildman–Crippen LogP) is 2.51. The van der Waals surface area contributed by atoms with Gasteiger partial charge in [0.05, 0.1) is 5.92 Å². The molecule has 0 aromatic heterocycles. The molecule has 1 aromatic rings. The van der Waals surface area contributed by atoms with Crippen LogP contribution in [-0.2, 0) is 9.59 Å². The Balaban J connectivity index is 1.93. The standard InChI is InChI=1S/C17H23NO4/c1-3-12(2)14-6-4-5-7-15(14)22-11-16(19)18-9-8-13(10-18)17(20)21/h4-7,12-13H,3,8-11H2,1-2H3,(H,20,21)/t12-,13-/m0/s1. The molecule has 0 radical (unpaired) electrons. The van der Waals surface area contributed by atoms with Crippen LogP contribution in [-0.4, -0.2) is 41.6 Å². The van der Waals surface area contributed by atoms with E-state index in [9.17, 15) is 9.59 Å². The Kier molecular flexibility index (Phi) is 5.41. The van der Waals surface area contributed by atoms with E-state index in [2.05, 4.69) is 13.8 Å². The van der Waals surface area contributed by atoms with Gasteiger partial charge in [-0.05, 0) is 30.4 Å². The summed E-state index contributed by atoms with van der Waals surface area (Å²) in [6.45, 7) is 4.97. The van der Waals surface area contributed by atoms with Crippen LogP contribution < -0.4 is 4.74 Å². The van der Waals surface area contributed by atoms with E-state index in [4.69, 9.17) is 9.84 Å². The lowest BCUT2D eigenvalue weighted by Crippen LogP contribution is -2.33. The van der Waals surface area contributed by atoms with E-state index >= 15 is 0 Å². The summed E-state index contributed by atoms with van der Waals surface area (Å²) in [5, 5.41) is 8.98. The molecule has 1 saturated heterocycles. The van der Waals surface area contributed by atoms with Crippen LogP contribution in [0.15, 0.2) is 24.3 Å². The Bertz CT molecular complexity index is 543. The molecule has 22 heavy (non-hydrogen) atoms. The van der Waals surface area contributed by atoms with Gasteiger partial charge in [-0.15, -0.1) is 0 Å². The molecular formula is C17H23NO4. The average molecular weight is 305 g/mol. The zero-order valence-corrected chi connectivity index (χ0v) is 13.1. The van der Waals surface area contributed by atoms with Crippen molar-refractivity contribution < 1.29 is 19.4 Å². The Morgan fingerprint density at radius 3 is 2.77 bits per heavy atom. The molecule has 1 heterocycles. The highest BCUT2D eigenvalue weighted by Crippen LogP contribution is 2.28. The summed E-state index contributed by atoms with van der Waals surface area (Å²) in [6.07, 6.45) is 1.52. The molecule has 0 saturated carbocycles. The second-order valence-corrected chi connectivity index (χ2v) is 5.80. The number of aliphatic carboxylic acids is 1. The number of carbonyl (C=O) groups excluding carboxylic acids is 1. The summed E-state index contributed by atoms with van der Waals surface area (Å²) in [5.74, 6) is -0.328. The largest absolute Gasteiger partial charge is 0.483 e. The third-order valence-corrected chi connectivity index (χ3v) is 4.30. The van der Waals surface area contributed by atoms with Crippen LogP contribution in [0.4, 0.5) is 0 Å². The van der Waals surface area contributed by atoms with Crippen LogP contribution in [0.25, 0.3) is 0 Å². The molecule has 2 rings (SSSR count). The maximum absolute atomic E-state index is 12.1. The monoisotopic (exact) mass is 305 g/mol. The van der Waals surface area contributed by atoms with Gasteiger partial charge in [-0.1, -0.05) is 32.0 Å². The van der Waals surface area contributed by atoms with Gasteiger partial charge >= 0.3 is 5.97 Å². The van der Waals surface area contributed by atoms with Gasteiger partial charge < -0.3 is 14.7 Å². The summed E-state index contributed by atoms with van der Waals surface area (Å²) in [6, 6.07) is 7.75. The molecule has 0 spiro atoms. The number of para-hydroxylation sites is 1. The first-order valence-corrected chi connectivity index (χ1v) is 7.75. The first kappa shape index (κ1) is 16.3. The van der Waals surface area contributed by atoms with Gasteiger partial charge in [-0.2, -0.15) is 0 Å². The molecule has 1 aliphatic rings. The van der Waals surface area contributed by atoms with Gasteiger partial charge in [0, 0.05) is 13.1 Å². The average Bonchev–Trinajstić information content (AvgIpc) is 3.02. The highest BCUT2D eigenvalue weighted by Gasteiger charge is 2.30. The predicted molar refractivity (Wildman–Crippen MR) is 83.0 cm³/mol. The SMILES string of the molecule is CC[C@H](C)c1ccccc1OCC(=O)N1CC[C@H](C(=O)O)C1. The van der Waals surface area contributed by atoms with E-state index < -0.39 is 11.9 Å². The number of rotatable bonds is 6. The second kappa shape index (κ2) is 7.29. The quantitative estimate of drug-likeness (QED) is 0.877. The summed E-state index contributed by atoms with van der Waals surface area (Å²) < 4.78 is 5.69. The van der Waals surface area contributed by atoms with Crippen molar-refractivity contribution in [3.05, 3.63) is 29.8 Å². The van der Waals surface area contributed by atoms with Crippen LogP contribution in [0.2, 0.25) is 0 Å². The fraction of sp³-hybridized carbons (Fsp3) is 0.529. The number of hydrogen-bond acceptors (Lipinski definition) is 3. The summed E-state index contributed by atoms with van der Waals surface area (Å²) in [4.78, 5) is 24.7. The molecule has 5 heteroatoms. The maximum Gasteiger partial charge on any atom is 0.308 e. The molecule has 0 unspecified atom stereocenters. The molecule has 1 amide bonds. The highest BCUT2D eigenvalue weighted by atomic mass is 16.5. The zero-order chi connectivity index (χ0) is 16.1. The van der Waals surface area contributed by atoms with Gasteiger partial charge in [0.15, 0.2) is 6.61 Å². The third kappa shape index (κ3) is 3.78. The molecule has 1 aliphatic heterocycles. The minimum Gasteiger partial charge on any atom is -0.483 e. The Morgan fingerprint density at radius 1 is 1.41 bits per heavy atom. The first-order valence-electron chi connectivity index (χ1n) is 7.75. The summed E-state index contributed by atoms with van der Waals surface area (Å²) >= 11 is 0. The van der Waals surface area contributed by atoms with Crippen molar-refractivity contribution in [1.82, 2.24) is 4.90 Å². The number of hydrogen-bond donors (Lipinski definition) is 1. The maximum atomic E-state index is 12.1. The lowest BCUT2D eigenvalue weighted by atomic mass is 9.98. The van der Waals surface area contributed by atoms with Crippen molar-refractivity contribution in [2.24, 2.45) is 5.92 Å². The smallest absolute Gasteiger partial charge is 0.308 e. The lowest BCUT2D eigenvalue weighted by molar-refractivity contribution is -0.141. The number of likely N-dealkylation sites (tertiary alicyclic amines) is 1. The van der Waals surface area contributed by atoms with Crippen molar-refractivity contribution in [1.29, 1.82) is 0 Å². The molecular weight excluding hydrogens is 282 g/mol. The topological polar surface area (TPSA) is 66.8 Å².